The zero-order chi connectivity index (χ0) is 22.4. The van der Waals surface area contributed by atoms with Gasteiger partial charge in [0.05, 0.1) is 37.9 Å². The zero-order valence-corrected chi connectivity index (χ0v) is 18.4. The summed E-state index contributed by atoms with van der Waals surface area (Å²) >= 11 is 1.14. The van der Waals surface area contributed by atoms with Crippen molar-refractivity contribution < 1.29 is 29.6 Å². The van der Waals surface area contributed by atoms with Crippen LogP contribution in [-0.4, -0.2) is 45.9 Å². The van der Waals surface area contributed by atoms with E-state index in [2.05, 4.69) is 6.92 Å². The molecule has 0 saturated carbocycles. The minimum atomic E-state index is -0.974. The molecule has 8 heteroatoms. The van der Waals surface area contributed by atoms with Gasteiger partial charge >= 0.3 is 5.97 Å². The normalized spacial score (nSPS) is 19.7. The van der Waals surface area contributed by atoms with Crippen LogP contribution in [0.4, 0.5) is 5.69 Å². The van der Waals surface area contributed by atoms with E-state index in [4.69, 9.17) is 9.84 Å². The van der Waals surface area contributed by atoms with Gasteiger partial charge in [0.2, 0.25) is 5.91 Å². The number of anilines is 1. The summed E-state index contributed by atoms with van der Waals surface area (Å²) in [6.07, 6.45) is 2.51. The molecule has 1 aliphatic rings. The van der Waals surface area contributed by atoms with Gasteiger partial charge in [-0.05, 0) is 36.2 Å². The quantitative estimate of drug-likeness (QED) is 0.453. The highest BCUT2D eigenvalue weighted by molar-refractivity contribution is 7.13. The Morgan fingerprint density at radius 3 is 2.61 bits per heavy atom. The van der Waals surface area contributed by atoms with E-state index in [-0.39, 0.29) is 30.4 Å². The van der Waals surface area contributed by atoms with Crippen molar-refractivity contribution >= 4 is 28.9 Å². The number of carboxylic acids is 1. The SMILES string of the molecule is CCCCCC(O)c1ccc(N2C(=O)C[C@@H](O)[C@@H]2COCc2ccc(C(=O)O)s2)cc1. The number of aliphatic hydroxyl groups is 2. The molecule has 0 spiro atoms. The highest BCUT2D eigenvalue weighted by Crippen LogP contribution is 2.30. The summed E-state index contributed by atoms with van der Waals surface area (Å²) in [6.45, 7) is 2.47. The molecule has 7 nitrogen and oxygen atoms in total. The molecular weight excluding hydrogens is 418 g/mol. The molecule has 0 bridgehead atoms. The van der Waals surface area contributed by atoms with Gasteiger partial charge < -0.3 is 25.0 Å². The summed E-state index contributed by atoms with van der Waals surface area (Å²) in [6, 6.07) is 9.93. The fourth-order valence-corrected chi connectivity index (χ4v) is 4.54. The molecule has 2 aromatic rings. The van der Waals surface area contributed by atoms with Crippen LogP contribution >= 0.6 is 11.3 Å². The van der Waals surface area contributed by atoms with Crippen LogP contribution in [0.15, 0.2) is 36.4 Å². The molecule has 1 saturated heterocycles. The minimum Gasteiger partial charge on any atom is -0.477 e. The van der Waals surface area contributed by atoms with Gasteiger partial charge in [-0.25, -0.2) is 4.79 Å². The summed E-state index contributed by atoms with van der Waals surface area (Å²) in [4.78, 5) is 26.0. The van der Waals surface area contributed by atoms with Crippen molar-refractivity contribution in [1.82, 2.24) is 0 Å². The summed E-state index contributed by atoms with van der Waals surface area (Å²) in [5, 5.41) is 29.7. The van der Waals surface area contributed by atoms with Gasteiger partial charge in [-0.1, -0.05) is 38.3 Å². The van der Waals surface area contributed by atoms with Gasteiger partial charge in [-0.2, -0.15) is 0 Å². The number of hydrogen-bond acceptors (Lipinski definition) is 6. The predicted molar refractivity (Wildman–Crippen MR) is 118 cm³/mol. The Balaban J connectivity index is 1.61. The standard InChI is InChI=1S/C23H29NO6S/c1-2-3-4-5-19(25)15-6-8-16(9-7-15)24-18(20(26)12-22(24)27)14-30-13-17-10-11-21(31-17)23(28)29/h6-11,18-20,25-26H,2-5,12-14H2,1H3,(H,28,29)/t18-,19?,20+/m0/s1. The molecule has 3 atom stereocenters. The molecule has 1 fully saturated rings. The van der Waals surface area contributed by atoms with E-state index >= 15 is 0 Å². The Bertz CT molecular complexity index is 880. The number of rotatable bonds is 11. The maximum absolute atomic E-state index is 12.5. The van der Waals surface area contributed by atoms with E-state index < -0.39 is 24.2 Å². The summed E-state index contributed by atoms with van der Waals surface area (Å²) in [5.74, 6) is -1.15. The Labute approximate surface area is 185 Å². The number of thiophene rings is 1. The molecule has 1 aromatic carbocycles. The Hall–Kier alpha value is -2.26. The molecule has 1 amide bonds. The van der Waals surface area contributed by atoms with E-state index in [0.29, 0.717) is 12.1 Å². The average molecular weight is 448 g/mol. The van der Waals surface area contributed by atoms with Crippen molar-refractivity contribution in [2.45, 2.75) is 63.9 Å². The fourth-order valence-electron chi connectivity index (χ4n) is 3.75. The highest BCUT2D eigenvalue weighted by atomic mass is 32.1. The first-order valence-electron chi connectivity index (χ1n) is 10.6. The number of carbonyl (C=O) groups excluding carboxylic acids is 1. The average Bonchev–Trinajstić information content (AvgIpc) is 3.33. The Morgan fingerprint density at radius 1 is 1.23 bits per heavy atom. The molecule has 0 aliphatic carbocycles. The van der Waals surface area contributed by atoms with Crippen molar-refractivity contribution in [1.29, 1.82) is 0 Å². The van der Waals surface area contributed by atoms with Crippen molar-refractivity contribution in [3.05, 3.63) is 51.7 Å². The molecule has 168 valence electrons. The van der Waals surface area contributed by atoms with Gasteiger partial charge in [0.15, 0.2) is 0 Å². The first kappa shape index (κ1) is 23.4. The van der Waals surface area contributed by atoms with E-state index in [1.807, 2.05) is 12.1 Å². The van der Waals surface area contributed by atoms with Gasteiger partial charge in [0.25, 0.3) is 0 Å². The van der Waals surface area contributed by atoms with Crippen LogP contribution in [0, 0.1) is 0 Å². The lowest BCUT2D eigenvalue weighted by molar-refractivity contribution is -0.117. The lowest BCUT2D eigenvalue weighted by Crippen LogP contribution is -2.40. The topological polar surface area (TPSA) is 107 Å². The van der Waals surface area contributed by atoms with Crippen LogP contribution < -0.4 is 4.90 Å². The number of benzene rings is 1. The summed E-state index contributed by atoms with van der Waals surface area (Å²) < 4.78 is 5.71. The van der Waals surface area contributed by atoms with Gasteiger partial charge in [0.1, 0.15) is 4.88 Å². The molecule has 0 radical (unpaired) electrons. The van der Waals surface area contributed by atoms with E-state index in [1.165, 1.54) is 6.07 Å². The second kappa shape index (κ2) is 10.9. The van der Waals surface area contributed by atoms with Crippen molar-refractivity contribution in [2.24, 2.45) is 0 Å². The van der Waals surface area contributed by atoms with Crippen LogP contribution in [-0.2, 0) is 16.1 Å². The lowest BCUT2D eigenvalue weighted by atomic mass is 10.0. The highest BCUT2D eigenvalue weighted by Gasteiger charge is 2.39. The first-order chi connectivity index (χ1) is 14.9. The molecular formula is C23H29NO6S. The number of carbonyl (C=O) groups is 2. The van der Waals surface area contributed by atoms with Gasteiger partial charge in [-0.3, -0.25) is 4.79 Å². The maximum atomic E-state index is 12.5. The maximum Gasteiger partial charge on any atom is 0.345 e. The predicted octanol–water partition coefficient (Wildman–Crippen LogP) is 3.74. The molecule has 3 N–H and O–H groups in total. The number of nitrogens with zero attached hydrogens (tertiary/aromatic N) is 1. The van der Waals surface area contributed by atoms with Crippen LogP contribution in [0.25, 0.3) is 0 Å². The van der Waals surface area contributed by atoms with Gasteiger partial charge in [0, 0.05) is 10.6 Å². The van der Waals surface area contributed by atoms with E-state index in [0.717, 1.165) is 41.0 Å². The molecule has 2 heterocycles. The van der Waals surface area contributed by atoms with Crippen molar-refractivity contribution in [2.75, 3.05) is 11.5 Å². The van der Waals surface area contributed by atoms with Crippen molar-refractivity contribution in [3.63, 3.8) is 0 Å². The number of hydrogen-bond donors (Lipinski definition) is 3. The third-order valence-electron chi connectivity index (χ3n) is 5.47. The number of aromatic carboxylic acids is 1. The monoisotopic (exact) mass is 447 g/mol. The van der Waals surface area contributed by atoms with Gasteiger partial charge in [-0.15, -0.1) is 11.3 Å². The first-order valence-corrected chi connectivity index (χ1v) is 11.4. The Kier molecular flexibility index (Phi) is 8.20. The fraction of sp³-hybridized carbons (Fsp3) is 0.478. The lowest BCUT2D eigenvalue weighted by Gasteiger charge is -2.26. The van der Waals surface area contributed by atoms with E-state index in [1.54, 1.807) is 23.1 Å². The number of ether oxygens (including phenoxy) is 1. The van der Waals surface area contributed by atoms with Crippen molar-refractivity contribution in [3.8, 4) is 0 Å². The van der Waals surface area contributed by atoms with Crippen LogP contribution in [0.5, 0.6) is 0 Å². The second-order valence-corrected chi connectivity index (χ2v) is 8.96. The third kappa shape index (κ3) is 5.92. The number of unbranched alkanes of at least 4 members (excludes halogenated alkanes) is 2. The van der Waals surface area contributed by atoms with E-state index in [9.17, 15) is 19.8 Å². The summed E-state index contributed by atoms with van der Waals surface area (Å²) in [7, 11) is 0. The number of carboxylic acid groups (broad SMARTS) is 1. The van der Waals surface area contributed by atoms with Crippen LogP contribution in [0.2, 0.25) is 0 Å². The largest absolute Gasteiger partial charge is 0.477 e. The second-order valence-electron chi connectivity index (χ2n) is 7.79. The molecule has 3 rings (SSSR count). The van der Waals surface area contributed by atoms with Crippen LogP contribution in [0.1, 0.15) is 65.2 Å². The minimum absolute atomic E-state index is 0.0254. The van der Waals surface area contributed by atoms with Crippen LogP contribution in [0.3, 0.4) is 0 Å². The summed E-state index contributed by atoms with van der Waals surface area (Å²) in [5.41, 5.74) is 1.47. The molecule has 1 unspecified atom stereocenters. The molecule has 1 aromatic heterocycles. The zero-order valence-electron chi connectivity index (χ0n) is 17.6. The Morgan fingerprint density at radius 2 is 1.97 bits per heavy atom. The number of amides is 1. The third-order valence-corrected chi connectivity index (χ3v) is 6.52. The number of aliphatic hydroxyl groups excluding tert-OH is 2. The molecule has 31 heavy (non-hydrogen) atoms. The molecule has 1 aliphatic heterocycles. The smallest absolute Gasteiger partial charge is 0.345 e.